The monoisotopic (exact) mass is 446 g/mol. The van der Waals surface area contributed by atoms with E-state index in [2.05, 4.69) is 0 Å². The number of hydrogen-bond acceptors (Lipinski definition) is 5. The van der Waals surface area contributed by atoms with Gasteiger partial charge in [-0.05, 0) is 44.0 Å². The molecule has 0 bridgehead atoms. The van der Waals surface area contributed by atoms with Crippen LogP contribution < -0.4 is 4.74 Å². The molecule has 0 N–H and O–H groups in total. The molecule has 6 nitrogen and oxygen atoms in total. The summed E-state index contributed by atoms with van der Waals surface area (Å²) in [5, 5.41) is 11.5. The van der Waals surface area contributed by atoms with E-state index in [0.717, 1.165) is 16.9 Å². The molecule has 0 fully saturated rings. The first-order valence-electron chi connectivity index (χ1n) is 11.0. The zero-order valence-corrected chi connectivity index (χ0v) is 19.3. The molecule has 3 aromatic rings. The molecule has 0 aliphatic heterocycles. The molecule has 172 valence electrons. The number of nitrogens with zero attached hydrogens (tertiary/aromatic N) is 2. The lowest BCUT2D eigenvalue weighted by atomic mass is 9.95. The smallest absolute Gasteiger partial charge is 0.226 e. The van der Waals surface area contributed by atoms with E-state index in [9.17, 15) is 14.9 Å². The second kappa shape index (κ2) is 10.9. The number of Topliss-reactive ketones (excluding diaryl/α,β-unsaturated/α-hetero) is 1. The van der Waals surface area contributed by atoms with Crippen molar-refractivity contribution in [2.75, 3.05) is 6.54 Å². The van der Waals surface area contributed by atoms with E-state index < -0.39 is 23.0 Å². The first-order chi connectivity index (χ1) is 15.7. The van der Waals surface area contributed by atoms with Gasteiger partial charge in [0.1, 0.15) is 18.4 Å². The number of benzene rings is 3. The Morgan fingerprint density at radius 1 is 0.909 bits per heavy atom. The summed E-state index contributed by atoms with van der Waals surface area (Å²) in [6, 6.07) is 25.5. The van der Waals surface area contributed by atoms with Gasteiger partial charge in [0.25, 0.3) is 0 Å². The molecule has 0 saturated carbocycles. The lowest BCUT2D eigenvalue weighted by Gasteiger charge is -2.39. The fourth-order valence-corrected chi connectivity index (χ4v) is 3.70. The Balaban J connectivity index is 1.78. The fourth-order valence-electron chi connectivity index (χ4n) is 3.70. The molecule has 0 heterocycles. The second-order valence-corrected chi connectivity index (χ2v) is 8.98. The van der Waals surface area contributed by atoms with Crippen LogP contribution in [0, 0.1) is 10.1 Å². The van der Waals surface area contributed by atoms with Gasteiger partial charge in [-0.2, -0.15) is 0 Å². The first kappa shape index (κ1) is 24.1. The van der Waals surface area contributed by atoms with Crippen molar-refractivity contribution in [2.24, 2.45) is 0 Å². The maximum absolute atomic E-state index is 13.3. The molecule has 1 atom stereocenters. The van der Waals surface area contributed by atoms with Crippen LogP contribution in [0.4, 0.5) is 0 Å². The predicted molar refractivity (Wildman–Crippen MR) is 129 cm³/mol. The normalized spacial score (nSPS) is 12.4. The van der Waals surface area contributed by atoms with Gasteiger partial charge in [-0.1, -0.05) is 72.8 Å². The average molecular weight is 447 g/mol. The van der Waals surface area contributed by atoms with Crippen molar-refractivity contribution in [1.29, 1.82) is 0 Å². The predicted octanol–water partition coefficient (Wildman–Crippen LogP) is 5.39. The lowest BCUT2D eigenvalue weighted by molar-refractivity contribution is -0.485. The van der Waals surface area contributed by atoms with Crippen LogP contribution in [0.1, 0.15) is 42.3 Å². The van der Waals surface area contributed by atoms with E-state index in [1.54, 1.807) is 24.3 Å². The van der Waals surface area contributed by atoms with Gasteiger partial charge in [0.15, 0.2) is 5.78 Å². The highest BCUT2D eigenvalue weighted by molar-refractivity contribution is 6.00. The number of nitro groups is 1. The average Bonchev–Trinajstić information content (AvgIpc) is 2.80. The van der Waals surface area contributed by atoms with Crippen LogP contribution in [0.5, 0.6) is 5.75 Å². The van der Waals surface area contributed by atoms with Crippen molar-refractivity contribution in [3.05, 3.63) is 112 Å². The first-order valence-corrected chi connectivity index (χ1v) is 11.0. The zero-order chi connectivity index (χ0) is 23.8. The molecule has 1 unspecified atom stereocenters. The van der Waals surface area contributed by atoms with Crippen molar-refractivity contribution in [1.82, 2.24) is 4.90 Å². The number of ketones is 1. The van der Waals surface area contributed by atoms with Gasteiger partial charge in [-0.3, -0.25) is 19.8 Å². The Hall–Kier alpha value is -3.51. The Morgan fingerprint density at radius 2 is 1.48 bits per heavy atom. The molecular formula is C27H30N2O4. The minimum Gasteiger partial charge on any atom is -0.489 e. The molecule has 33 heavy (non-hydrogen) atoms. The molecule has 0 saturated heterocycles. The van der Waals surface area contributed by atoms with E-state index >= 15 is 0 Å². The topological polar surface area (TPSA) is 72.7 Å². The van der Waals surface area contributed by atoms with E-state index in [0.29, 0.717) is 18.7 Å². The summed E-state index contributed by atoms with van der Waals surface area (Å²) in [5.41, 5.74) is 2.05. The zero-order valence-electron chi connectivity index (χ0n) is 19.3. The third-order valence-electron chi connectivity index (χ3n) is 5.45. The summed E-state index contributed by atoms with van der Waals surface area (Å²) in [4.78, 5) is 26.2. The van der Waals surface area contributed by atoms with Crippen LogP contribution in [0.3, 0.4) is 0 Å². The summed E-state index contributed by atoms with van der Waals surface area (Å²) in [5.74, 6) is 0.497. The largest absolute Gasteiger partial charge is 0.489 e. The number of carbonyl (C=O) groups excluding carboxylic acids is 1. The van der Waals surface area contributed by atoms with E-state index in [4.69, 9.17) is 4.74 Å². The SMILES string of the molecule is CC(C)(C)N(Cc1ccc(OCc2ccccc2)cc1)C(C[N+](=O)[O-])C(=O)c1ccccc1. The summed E-state index contributed by atoms with van der Waals surface area (Å²) >= 11 is 0. The Morgan fingerprint density at radius 3 is 2.03 bits per heavy atom. The van der Waals surface area contributed by atoms with Crippen molar-refractivity contribution in [3.8, 4) is 5.75 Å². The van der Waals surface area contributed by atoms with Crippen LogP contribution in [0.2, 0.25) is 0 Å². The van der Waals surface area contributed by atoms with Crippen molar-refractivity contribution in [2.45, 2.75) is 45.5 Å². The minimum absolute atomic E-state index is 0.245. The van der Waals surface area contributed by atoms with Gasteiger partial charge in [0.2, 0.25) is 6.54 Å². The van der Waals surface area contributed by atoms with Gasteiger partial charge < -0.3 is 4.74 Å². The highest BCUT2D eigenvalue weighted by Crippen LogP contribution is 2.25. The molecule has 3 rings (SSSR count). The number of rotatable bonds is 10. The quantitative estimate of drug-likeness (QED) is 0.237. The molecule has 3 aromatic carbocycles. The fraction of sp³-hybridized carbons (Fsp3) is 0.296. The van der Waals surface area contributed by atoms with E-state index in [1.165, 1.54) is 0 Å². The molecule has 0 amide bonds. The molecule has 0 spiro atoms. The van der Waals surface area contributed by atoms with Crippen molar-refractivity contribution < 1.29 is 14.5 Å². The Labute approximate surface area is 195 Å². The second-order valence-electron chi connectivity index (χ2n) is 8.98. The molecule has 0 aliphatic carbocycles. The standard InChI is InChI=1S/C27H30N2O4/c1-27(2,3)28(25(19-29(31)32)26(30)23-12-8-5-9-13-23)18-21-14-16-24(17-15-21)33-20-22-10-6-4-7-11-22/h4-17,25H,18-20H2,1-3H3. The highest BCUT2D eigenvalue weighted by atomic mass is 16.6. The van der Waals surface area contributed by atoms with Gasteiger partial charge in [-0.15, -0.1) is 0 Å². The van der Waals surface area contributed by atoms with Crippen LogP contribution >= 0.6 is 0 Å². The van der Waals surface area contributed by atoms with Crippen LogP contribution in [0.25, 0.3) is 0 Å². The Bertz CT molecular complexity index is 1040. The third-order valence-corrected chi connectivity index (χ3v) is 5.45. The summed E-state index contributed by atoms with van der Waals surface area (Å²) in [7, 11) is 0. The summed E-state index contributed by atoms with van der Waals surface area (Å²) in [6.07, 6.45) is 0. The molecule has 0 aromatic heterocycles. The summed E-state index contributed by atoms with van der Waals surface area (Å²) < 4.78 is 5.86. The Kier molecular flexibility index (Phi) is 7.96. The third kappa shape index (κ3) is 6.99. The van der Waals surface area contributed by atoms with Gasteiger partial charge in [0, 0.05) is 22.6 Å². The van der Waals surface area contributed by atoms with Crippen LogP contribution in [-0.4, -0.2) is 33.7 Å². The minimum atomic E-state index is -0.878. The summed E-state index contributed by atoms with van der Waals surface area (Å²) in [6.45, 7) is 6.33. The number of ether oxygens (including phenoxy) is 1. The number of carbonyl (C=O) groups is 1. The van der Waals surface area contributed by atoms with Crippen molar-refractivity contribution >= 4 is 5.78 Å². The number of hydrogen-bond donors (Lipinski definition) is 0. The van der Waals surface area contributed by atoms with E-state index in [-0.39, 0.29) is 5.78 Å². The van der Waals surface area contributed by atoms with E-state index in [1.807, 2.05) is 86.3 Å². The molecule has 0 aliphatic rings. The van der Waals surface area contributed by atoms with Crippen LogP contribution in [-0.2, 0) is 13.2 Å². The molecular weight excluding hydrogens is 416 g/mol. The maximum Gasteiger partial charge on any atom is 0.226 e. The van der Waals surface area contributed by atoms with Gasteiger partial charge in [-0.25, -0.2) is 0 Å². The van der Waals surface area contributed by atoms with Crippen LogP contribution in [0.15, 0.2) is 84.9 Å². The van der Waals surface area contributed by atoms with Crippen molar-refractivity contribution in [3.63, 3.8) is 0 Å². The van der Waals surface area contributed by atoms with Gasteiger partial charge >= 0.3 is 0 Å². The van der Waals surface area contributed by atoms with Gasteiger partial charge in [0.05, 0.1) is 0 Å². The molecule has 0 radical (unpaired) electrons. The lowest BCUT2D eigenvalue weighted by Crippen LogP contribution is -2.53. The molecule has 6 heteroatoms. The highest BCUT2D eigenvalue weighted by Gasteiger charge is 2.37. The maximum atomic E-state index is 13.3.